The molecule has 0 bridgehead atoms. The Morgan fingerprint density at radius 1 is 1.38 bits per heavy atom. The molecule has 0 unspecified atom stereocenters. The lowest BCUT2D eigenvalue weighted by Gasteiger charge is -2.11. The van der Waals surface area contributed by atoms with Crippen LogP contribution in [0.1, 0.15) is 20.8 Å². The molecular weight excluding hydrogens is 303 g/mol. The van der Waals surface area contributed by atoms with E-state index in [9.17, 15) is 14.0 Å². The molecule has 2 aromatic rings. The van der Waals surface area contributed by atoms with Crippen molar-refractivity contribution in [2.75, 3.05) is 7.11 Å². The molecule has 8 heteroatoms. The molecule has 0 saturated heterocycles. The summed E-state index contributed by atoms with van der Waals surface area (Å²) in [6.07, 6.45) is 1.34. The molecule has 0 radical (unpaired) electrons. The predicted octanol–water partition coefficient (Wildman–Crippen LogP) is 2.66. The quantitative estimate of drug-likeness (QED) is 0.638. The molecule has 0 N–H and O–H groups in total. The fourth-order valence-electron chi connectivity index (χ4n) is 1.52. The molecule has 2 rings (SSSR count). The van der Waals surface area contributed by atoms with Crippen molar-refractivity contribution in [3.05, 3.63) is 46.6 Å². The van der Waals surface area contributed by atoms with E-state index in [4.69, 9.17) is 16.3 Å². The van der Waals surface area contributed by atoms with E-state index in [1.807, 2.05) is 0 Å². The van der Waals surface area contributed by atoms with Crippen molar-refractivity contribution in [1.82, 2.24) is 9.97 Å². The average Bonchev–Trinajstić information content (AvgIpc) is 2.50. The second kappa shape index (κ2) is 6.27. The van der Waals surface area contributed by atoms with Crippen molar-refractivity contribution < 1.29 is 23.5 Å². The van der Waals surface area contributed by atoms with Crippen molar-refractivity contribution in [3.63, 3.8) is 0 Å². The number of hydrogen-bond donors (Lipinski definition) is 0. The SMILES string of the molecule is COC(=O)c1c(C=O)ncnc1Oc1c(F)cccc1Cl. The Hall–Kier alpha value is -2.54. The summed E-state index contributed by atoms with van der Waals surface area (Å²) < 4.78 is 23.4. The first kappa shape index (κ1) is 14.9. The Balaban J connectivity index is 2.54. The third-order valence-electron chi connectivity index (χ3n) is 2.46. The third kappa shape index (κ3) is 2.97. The number of rotatable bonds is 4. The number of esters is 1. The maximum atomic E-state index is 13.7. The van der Waals surface area contributed by atoms with E-state index in [0.29, 0.717) is 6.29 Å². The van der Waals surface area contributed by atoms with Gasteiger partial charge in [-0.05, 0) is 12.1 Å². The molecule has 108 valence electrons. The molecule has 0 saturated carbocycles. The van der Waals surface area contributed by atoms with Crippen LogP contribution in [-0.2, 0) is 4.74 Å². The van der Waals surface area contributed by atoms with Gasteiger partial charge in [-0.3, -0.25) is 4.79 Å². The smallest absolute Gasteiger partial charge is 0.345 e. The number of aldehydes is 1. The molecule has 0 fully saturated rings. The number of aromatic nitrogens is 2. The fourth-order valence-corrected chi connectivity index (χ4v) is 1.72. The molecule has 1 aromatic heterocycles. The summed E-state index contributed by atoms with van der Waals surface area (Å²) in [6, 6.07) is 3.92. The molecule has 0 aliphatic carbocycles. The highest BCUT2D eigenvalue weighted by Crippen LogP contribution is 2.32. The van der Waals surface area contributed by atoms with E-state index in [-0.39, 0.29) is 27.9 Å². The van der Waals surface area contributed by atoms with Gasteiger partial charge >= 0.3 is 5.97 Å². The minimum atomic E-state index is -0.889. The van der Waals surface area contributed by atoms with E-state index in [0.717, 1.165) is 19.5 Å². The Kier molecular flexibility index (Phi) is 4.44. The van der Waals surface area contributed by atoms with Gasteiger partial charge in [0, 0.05) is 0 Å². The molecule has 1 aromatic carbocycles. The van der Waals surface area contributed by atoms with E-state index in [1.165, 1.54) is 12.1 Å². The molecule has 0 aliphatic heterocycles. The molecule has 21 heavy (non-hydrogen) atoms. The number of halogens is 2. The second-order valence-electron chi connectivity index (χ2n) is 3.70. The highest BCUT2D eigenvalue weighted by atomic mass is 35.5. The standard InChI is InChI=1S/C13H8ClFN2O4/c1-20-13(19)10-9(5-18)16-6-17-12(10)21-11-7(14)3-2-4-8(11)15/h2-6H,1H3. The Morgan fingerprint density at radius 2 is 2.14 bits per heavy atom. The third-order valence-corrected chi connectivity index (χ3v) is 2.76. The lowest BCUT2D eigenvalue weighted by molar-refractivity contribution is 0.0593. The molecular formula is C13H8ClFN2O4. The first-order valence-corrected chi connectivity index (χ1v) is 5.96. The maximum absolute atomic E-state index is 13.7. The maximum Gasteiger partial charge on any atom is 0.345 e. The van der Waals surface area contributed by atoms with Crippen LogP contribution < -0.4 is 4.74 Å². The largest absolute Gasteiger partial charge is 0.465 e. The Labute approximate surface area is 123 Å². The lowest BCUT2D eigenvalue weighted by Crippen LogP contribution is -2.11. The summed E-state index contributed by atoms with van der Waals surface area (Å²) in [4.78, 5) is 30.0. The summed E-state index contributed by atoms with van der Waals surface area (Å²) in [7, 11) is 1.11. The second-order valence-corrected chi connectivity index (χ2v) is 4.11. The van der Waals surface area contributed by atoms with Crippen LogP contribution >= 0.6 is 11.6 Å². The van der Waals surface area contributed by atoms with Gasteiger partial charge in [0.25, 0.3) is 0 Å². The number of carbonyl (C=O) groups excluding carboxylic acids is 2. The minimum absolute atomic E-state index is 0.0166. The van der Waals surface area contributed by atoms with E-state index in [1.54, 1.807) is 0 Å². The lowest BCUT2D eigenvalue weighted by atomic mass is 10.2. The topological polar surface area (TPSA) is 78.4 Å². The minimum Gasteiger partial charge on any atom is -0.465 e. The van der Waals surface area contributed by atoms with Gasteiger partial charge in [0.1, 0.15) is 12.0 Å². The number of ether oxygens (including phenoxy) is 2. The summed E-state index contributed by atoms with van der Waals surface area (Å²) in [5.74, 6) is -2.28. The normalized spacial score (nSPS) is 10.0. The van der Waals surface area contributed by atoms with Gasteiger partial charge in [-0.1, -0.05) is 17.7 Å². The van der Waals surface area contributed by atoms with Crippen LogP contribution in [0.15, 0.2) is 24.5 Å². The summed E-state index contributed by atoms with van der Waals surface area (Å²) in [5, 5.41) is -0.0166. The molecule has 0 spiro atoms. The monoisotopic (exact) mass is 310 g/mol. The number of hydrogen-bond acceptors (Lipinski definition) is 6. The van der Waals surface area contributed by atoms with Crippen LogP contribution in [0.4, 0.5) is 4.39 Å². The molecule has 6 nitrogen and oxygen atoms in total. The number of carbonyl (C=O) groups is 2. The highest BCUT2D eigenvalue weighted by molar-refractivity contribution is 6.32. The van der Waals surface area contributed by atoms with Crippen molar-refractivity contribution in [2.45, 2.75) is 0 Å². The van der Waals surface area contributed by atoms with Gasteiger partial charge in [0.15, 0.2) is 23.4 Å². The Morgan fingerprint density at radius 3 is 2.76 bits per heavy atom. The van der Waals surface area contributed by atoms with Crippen LogP contribution in [0, 0.1) is 5.82 Å². The summed E-state index contributed by atoms with van der Waals surface area (Å²) >= 11 is 5.82. The van der Waals surface area contributed by atoms with Gasteiger partial charge in [-0.15, -0.1) is 0 Å². The van der Waals surface area contributed by atoms with Gasteiger partial charge in [-0.25, -0.2) is 19.2 Å². The first-order chi connectivity index (χ1) is 10.1. The zero-order valence-electron chi connectivity index (χ0n) is 10.7. The number of methoxy groups -OCH3 is 1. The molecule has 0 atom stereocenters. The fraction of sp³-hybridized carbons (Fsp3) is 0.0769. The van der Waals surface area contributed by atoms with Crippen LogP contribution in [0.2, 0.25) is 5.02 Å². The number of benzene rings is 1. The van der Waals surface area contributed by atoms with Crippen LogP contribution in [-0.4, -0.2) is 29.3 Å². The van der Waals surface area contributed by atoms with Gasteiger partial charge < -0.3 is 9.47 Å². The van der Waals surface area contributed by atoms with Crippen molar-refractivity contribution >= 4 is 23.9 Å². The highest BCUT2D eigenvalue weighted by Gasteiger charge is 2.23. The van der Waals surface area contributed by atoms with Gasteiger partial charge in [-0.2, -0.15) is 0 Å². The first-order valence-electron chi connectivity index (χ1n) is 5.58. The van der Waals surface area contributed by atoms with Gasteiger partial charge in [0.05, 0.1) is 12.1 Å². The molecule has 0 amide bonds. The Bertz CT molecular complexity index is 688. The molecule has 1 heterocycles. The number of nitrogens with zero attached hydrogens (tertiary/aromatic N) is 2. The van der Waals surface area contributed by atoms with Crippen molar-refractivity contribution in [1.29, 1.82) is 0 Å². The van der Waals surface area contributed by atoms with Crippen LogP contribution in [0.25, 0.3) is 0 Å². The van der Waals surface area contributed by atoms with E-state index >= 15 is 0 Å². The predicted molar refractivity (Wildman–Crippen MR) is 70.2 cm³/mol. The van der Waals surface area contributed by atoms with Crippen LogP contribution in [0.3, 0.4) is 0 Å². The summed E-state index contributed by atoms with van der Waals surface area (Å²) in [6.45, 7) is 0. The van der Waals surface area contributed by atoms with E-state index in [2.05, 4.69) is 14.7 Å². The number of para-hydroxylation sites is 1. The summed E-state index contributed by atoms with van der Waals surface area (Å²) in [5.41, 5.74) is -0.548. The van der Waals surface area contributed by atoms with Crippen molar-refractivity contribution in [3.8, 4) is 11.6 Å². The van der Waals surface area contributed by atoms with Crippen LogP contribution in [0.5, 0.6) is 11.6 Å². The zero-order valence-corrected chi connectivity index (χ0v) is 11.4. The zero-order chi connectivity index (χ0) is 15.4. The van der Waals surface area contributed by atoms with E-state index < -0.39 is 11.8 Å². The van der Waals surface area contributed by atoms with Crippen molar-refractivity contribution in [2.24, 2.45) is 0 Å². The molecule has 0 aliphatic rings. The average molecular weight is 311 g/mol. The van der Waals surface area contributed by atoms with Gasteiger partial charge in [0.2, 0.25) is 5.88 Å².